The fourth-order valence-corrected chi connectivity index (χ4v) is 2.29. The summed E-state index contributed by atoms with van der Waals surface area (Å²) < 4.78 is 5.40. The topological polar surface area (TPSA) is 32.7 Å². The highest BCUT2D eigenvalue weighted by atomic mass is 16.5. The van der Waals surface area contributed by atoms with Gasteiger partial charge in [-0.25, -0.2) is 0 Å². The van der Waals surface area contributed by atoms with Gasteiger partial charge in [-0.2, -0.15) is 0 Å². The number of hydrogen-bond acceptors (Lipinski definition) is 3. The summed E-state index contributed by atoms with van der Waals surface area (Å²) in [6, 6.07) is 9.73. The summed E-state index contributed by atoms with van der Waals surface area (Å²) in [6.07, 6.45) is 0.431. The Balaban J connectivity index is 2.29. The maximum Gasteiger partial charge on any atom is 0.118 e. The number of aliphatic hydroxyl groups is 1. The molecule has 0 radical (unpaired) electrons. The Hall–Kier alpha value is -0.900. The van der Waals surface area contributed by atoms with E-state index in [2.05, 4.69) is 7.05 Å². The Labute approximate surface area is 96.6 Å². The molecule has 1 fully saturated rings. The normalized spacial score (nSPS) is 31.6. The van der Waals surface area contributed by atoms with Gasteiger partial charge in [0.2, 0.25) is 0 Å². The van der Waals surface area contributed by atoms with Gasteiger partial charge in [-0.05, 0) is 25.1 Å². The molecule has 1 aliphatic rings. The van der Waals surface area contributed by atoms with E-state index in [4.69, 9.17) is 4.74 Å². The predicted octanol–water partition coefficient (Wildman–Crippen LogP) is 1.39. The van der Waals surface area contributed by atoms with Crippen LogP contribution in [0.25, 0.3) is 0 Å². The van der Waals surface area contributed by atoms with Gasteiger partial charge in [0, 0.05) is 7.11 Å². The van der Waals surface area contributed by atoms with Crippen molar-refractivity contribution in [2.75, 3.05) is 20.2 Å². The van der Waals surface area contributed by atoms with E-state index in [0.717, 1.165) is 12.1 Å². The maximum absolute atomic E-state index is 10.7. The van der Waals surface area contributed by atoms with Gasteiger partial charge >= 0.3 is 0 Å². The van der Waals surface area contributed by atoms with Crippen LogP contribution in [0.15, 0.2) is 30.3 Å². The summed E-state index contributed by atoms with van der Waals surface area (Å²) in [7, 11) is 5.53. The summed E-state index contributed by atoms with van der Waals surface area (Å²) in [5, 5.41) is 10.7. The van der Waals surface area contributed by atoms with Gasteiger partial charge in [-0.1, -0.05) is 30.3 Å². The van der Waals surface area contributed by atoms with Crippen LogP contribution in [0.2, 0.25) is 0 Å². The average Bonchev–Trinajstić information content (AvgIpc) is 2.33. The summed E-state index contributed by atoms with van der Waals surface area (Å²) in [5.41, 5.74) is 0.0412. The van der Waals surface area contributed by atoms with Crippen LogP contribution in [0.4, 0.5) is 0 Å². The van der Waals surface area contributed by atoms with Gasteiger partial charge in [-0.3, -0.25) is 7.05 Å². The van der Waals surface area contributed by atoms with Gasteiger partial charge in [0.1, 0.15) is 11.7 Å². The highest BCUT2D eigenvalue weighted by molar-refractivity contribution is 5.25. The molecular formula is C13H18NO2-. The van der Waals surface area contributed by atoms with Gasteiger partial charge in [-0.15, -0.1) is 0 Å². The first-order valence-corrected chi connectivity index (χ1v) is 5.53. The zero-order valence-electron chi connectivity index (χ0n) is 9.60. The van der Waals surface area contributed by atoms with Crippen LogP contribution in [-0.4, -0.2) is 36.3 Å². The lowest BCUT2D eigenvalue weighted by Gasteiger charge is -2.46. The molecule has 88 valence electrons. The number of ether oxygens (including phenoxy) is 1. The molecule has 1 aliphatic heterocycles. The van der Waals surface area contributed by atoms with Gasteiger partial charge in [0.15, 0.2) is 0 Å². The molecule has 0 spiro atoms. The van der Waals surface area contributed by atoms with E-state index in [1.54, 1.807) is 7.11 Å². The minimum Gasteiger partial charge on any atom is -0.457 e. The third-order valence-corrected chi connectivity index (χ3v) is 3.32. The minimum atomic E-state index is -0.885. The van der Waals surface area contributed by atoms with E-state index in [-0.39, 0.29) is 6.10 Å². The van der Waals surface area contributed by atoms with Crippen molar-refractivity contribution in [3.05, 3.63) is 42.9 Å². The number of piperidine rings is 1. The van der Waals surface area contributed by atoms with Crippen molar-refractivity contribution in [1.29, 1.82) is 0 Å². The summed E-state index contributed by atoms with van der Waals surface area (Å²) >= 11 is 0. The molecule has 3 nitrogen and oxygen atoms in total. The molecule has 0 aromatic heterocycles. The molecular weight excluding hydrogens is 202 g/mol. The standard InChI is InChI=1S/C13H18NO2/c1-14-9-8-13(15,12(10-14)16-2)11-6-4-3-5-7-11/h3-7,12,15H,1,8-10H2,2H3/q-1/t12-,13-/m0/s1. The van der Waals surface area contributed by atoms with Crippen LogP contribution < -0.4 is 0 Å². The quantitative estimate of drug-likeness (QED) is 0.764. The maximum atomic E-state index is 10.7. The van der Waals surface area contributed by atoms with Crippen LogP contribution in [-0.2, 0) is 10.3 Å². The Morgan fingerprint density at radius 1 is 1.44 bits per heavy atom. The number of methoxy groups -OCH3 is 1. The smallest absolute Gasteiger partial charge is 0.118 e. The molecule has 0 saturated carbocycles. The fraction of sp³-hybridized carbons (Fsp3) is 0.462. The molecule has 2 atom stereocenters. The summed E-state index contributed by atoms with van der Waals surface area (Å²) in [4.78, 5) is 1.94. The number of benzene rings is 1. The largest absolute Gasteiger partial charge is 0.457 e. The molecule has 1 N–H and O–H groups in total. The number of likely N-dealkylation sites (tertiary alicyclic amines) is 1. The van der Waals surface area contributed by atoms with E-state index < -0.39 is 5.60 Å². The summed E-state index contributed by atoms with van der Waals surface area (Å²) in [5.74, 6) is 0. The number of nitrogens with zero attached hydrogens (tertiary/aromatic N) is 1. The molecule has 0 bridgehead atoms. The van der Waals surface area contributed by atoms with Crippen molar-refractivity contribution in [2.45, 2.75) is 18.1 Å². The van der Waals surface area contributed by atoms with Crippen LogP contribution >= 0.6 is 0 Å². The first-order chi connectivity index (χ1) is 7.66. The van der Waals surface area contributed by atoms with E-state index in [0.29, 0.717) is 13.0 Å². The Morgan fingerprint density at radius 2 is 2.12 bits per heavy atom. The highest BCUT2D eigenvalue weighted by Gasteiger charge is 2.40. The lowest BCUT2D eigenvalue weighted by Crippen LogP contribution is -2.52. The minimum absolute atomic E-state index is 0.221. The van der Waals surface area contributed by atoms with E-state index in [1.807, 2.05) is 35.2 Å². The molecule has 1 aromatic rings. The van der Waals surface area contributed by atoms with Crippen LogP contribution in [0.1, 0.15) is 12.0 Å². The van der Waals surface area contributed by atoms with Crippen LogP contribution in [0.3, 0.4) is 0 Å². The second-order valence-corrected chi connectivity index (χ2v) is 4.34. The second kappa shape index (κ2) is 4.53. The van der Waals surface area contributed by atoms with E-state index in [1.165, 1.54) is 0 Å². The van der Waals surface area contributed by atoms with Crippen molar-refractivity contribution in [3.8, 4) is 0 Å². The molecule has 1 heterocycles. The fourth-order valence-electron chi connectivity index (χ4n) is 2.29. The monoisotopic (exact) mass is 220 g/mol. The van der Waals surface area contributed by atoms with E-state index in [9.17, 15) is 5.11 Å². The third kappa shape index (κ3) is 1.98. The SMILES string of the molecule is [CH2-]N1CC[C@](O)(c2ccccc2)[C@@H](OC)C1. The van der Waals surface area contributed by atoms with E-state index >= 15 is 0 Å². The number of hydrogen-bond donors (Lipinski definition) is 1. The molecule has 2 rings (SSSR count). The summed E-state index contributed by atoms with van der Waals surface area (Å²) in [6.45, 7) is 1.44. The molecule has 0 unspecified atom stereocenters. The lowest BCUT2D eigenvalue weighted by molar-refractivity contribution is -0.133. The first-order valence-electron chi connectivity index (χ1n) is 5.53. The van der Waals surface area contributed by atoms with Gasteiger partial charge in [0.05, 0.1) is 0 Å². The predicted molar refractivity (Wildman–Crippen MR) is 62.7 cm³/mol. The Kier molecular flexibility index (Phi) is 3.28. The molecule has 0 aliphatic carbocycles. The van der Waals surface area contributed by atoms with Crippen molar-refractivity contribution in [2.24, 2.45) is 0 Å². The van der Waals surface area contributed by atoms with Crippen molar-refractivity contribution >= 4 is 0 Å². The van der Waals surface area contributed by atoms with Crippen molar-refractivity contribution in [3.63, 3.8) is 0 Å². The third-order valence-electron chi connectivity index (χ3n) is 3.32. The van der Waals surface area contributed by atoms with Crippen LogP contribution in [0.5, 0.6) is 0 Å². The van der Waals surface area contributed by atoms with Gasteiger partial charge in [0.25, 0.3) is 0 Å². The molecule has 1 aromatic carbocycles. The molecule has 0 amide bonds. The Bertz CT molecular complexity index is 341. The van der Waals surface area contributed by atoms with Crippen molar-refractivity contribution in [1.82, 2.24) is 4.90 Å². The zero-order chi connectivity index (χ0) is 11.6. The van der Waals surface area contributed by atoms with Gasteiger partial charge < -0.3 is 14.7 Å². The van der Waals surface area contributed by atoms with Crippen molar-refractivity contribution < 1.29 is 9.84 Å². The second-order valence-electron chi connectivity index (χ2n) is 4.34. The number of rotatable bonds is 2. The highest BCUT2D eigenvalue weighted by Crippen LogP contribution is 2.34. The molecule has 1 saturated heterocycles. The van der Waals surface area contributed by atoms with Crippen LogP contribution in [0, 0.1) is 7.05 Å². The molecule has 3 heteroatoms. The Morgan fingerprint density at radius 3 is 2.75 bits per heavy atom. The average molecular weight is 220 g/mol. The zero-order valence-corrected chi connectivity index (χ0v) is 9.60. The lowest BCUT2D eigenvalue weighted by atomic mass is 9.82. The first kappa shape index (κ1) is 11.6. The molecule has 16 heavy (non-hydrogen) atoms.